The van der Waals surface area contributed by atoms with Crippen LogP contribution in [0.3, 0.4) is 0 Å². The molecule has 1 fully saturated rings. The molecule has 1 saturated heterocycles. The number of hydrogen-bond acceptors (Lipinski definition) is 4. The number of piperazine rings is 1. The minimum Gasteiger partial charge on any atom is -0.311 e. The van der Waals surface area contributed by atoms with Gasteiger partial charge in [0.15, 0.2) is 5.82 Å². The molecule has 0 aliphatic carbocycles. The summed E-state index contributed by atoms with van der Waals surface area (Å²) >= 11 is 0. The van der Waals surface area contributed by atoms with Crippen LogP contribution in [-0.4, -0.2) is 44.3 Å². The number of rotatable bonds is 3. The van der Waals surface area contributed by atoms with Gasteiger partial charge in [0.2, 0.25) is 0 Å². The van der Waals surface area contributed by atoms with E-state index in [-0.39, 0.29) is 5.54 Å². The van der Waals surface area contributed by atoms with Gasteiger partial charge in [0.05, 0.1) is 0 Å². The molecule has 1 N–H and O–H groups in total. The molecule has 0 bridgehead atoms. The van der Waals surface area contributed by atoms with Crippen LogP contribution in [0.5, 0.6) is 0 Å². The maximum absolute atomic E-state index is 4.51. The molecule has 2 aromatic rings. The van der Waals surface area contributed by atoms with Crippen molar-refractivity contribution in [2.45, 2.75) is 38.9 Å². The molecule has 3 heterocycles. The predicted octanol–water partition coefficient (Wildman–Crippen LogP) is 1.84. The summed E-state index contributed by atoms with van der Waals surface area (Å²) in [5.41, 5.74) is 1.42. The highest BCUT2D eigenvalue weighted by Crippen LogP contribution is 2.21. The Kier molecular flexibility index (Phi) is 3.78. The van der Waals surface area contributed by atoms with Crippen molar-refractivity contribution in [1.29, 1.82) is 0 Å². The Bertz CT molecular complexity index is 573. The molecule has 0 aromatic carbocycles. The molecule has 0 radical (unpaired) electrons. The van der Waals surface area contributed by atoms with Crippen molar-refractivity contribution in [3.05, 3.63) is 42.4 Å². The molecule has 1 atom stereocenters. The first-order valence-electron chi connectivity index (χ1n) is 7.48. The van der Waals surface area contributed by atoms with Crippen molar-refractivity contribution in [3.8, 4) is 5.82 Å². The van der Waals surface area contributed by atoms with Gasteiger partial charge in [-0.25, -0.2) is 9.67 Å². The quantitative estimate of drug-likeness (QED) is 0.935. The van der Waals surface area contributed by atoms with Crippen LogP contribution in [0.15, 0.2) is 36.8 Å². The van der Waals surface area contributed by atoms with E-state index in [2.05, 4.69) is 47.1 Å². The number of aromatic nitrogens is 3. The van der Waals surface area contributed by atoms with E-state index < -0.39 is 0 Å². The highest BCUT2D eigenvalue weighted by molar-refractivity contribution is 5.24. The lowest BCUT2D eigenvalue weighted by molar-refractivity contribution is 0.0626. The van der Waals surface area contributed by atoms with E-state index in [1.165, 1.54) is 5.56 Å². The zero-order valence-corrected chi connectivity index (χ0v) is 13.0. The van der Waals surface area contributed by atoms with Crippen molar-refractivity contribution in [3.63, 3.8) is 0 Å². The lowest BCUT2D eigenvalue weighted by Gasteiger charge is -2.45. The summed E-state index contributed by atoms with van der Waals surface area (Å²) in [4.78, 5) is 7.04. The smallest absolute Gasteiger partial charge is 0.153 e. The third-order valence-electron chi connectivity index (χ3n) is 4.16. The van der Waals surface area contributed by atoms with Gasteiger partial charge < -0.3 is 5.32 Å². The summed E-state index contributed by atoms with van der Waals surface area (Å²) in [6.07, 6.45) is 5.63. The SMILES string of the molecule is CC1CN(Cc2ccc(-n3cccn3)nc2)C(C)(C)CN1. The van der Waals surface area contributed by atoms with Crippen LogP contribution in [0.25, 0.3) is 5.82 Å². The molecule has 5 heteroatoms. The molecule has 2 aromatic heterocycles. The van der Waals surface area contributed by atoms with Gasteiger partial charge in [-0.1, -0.05) is 6.07 Å². The average Bonchev–Trinajstić information content (AvgIpc) is 2.98. The van der Waals surface area contributed by atoms with Gasteiger partial charge >= 0.3 is 0 Å². The zero-order chi connectivity index (χ0) is 14.9. The number of hydrogen-bond donors (Lipinski definition) is 1. The van der Waals surface area contributed by atoms with E-state index in [1.807, 2.05) is 24.5 Å². The topological polar surface area (TPSA) is 46.0 Å². The molecule has 1 aliphatic heterocycles. The molecule has 5 nitrogen and oxygen atoms in total. The molecule has 0 amide bonds. The molecule has 112 valence electrons. The summed E-state index contributed by atoms with van der Waals surface area (Å²) in [5, 5.41) is 7.75. The Morgan fingerprint density at radius 2 is 2.24 bits per heavy atom. The first-order valence-corrected chi connectivity index (χ1v) is 7.48. The van der Waals surface area contributed by atoms with Crippen LogP contribution in [0.4, 0.5) is 0 Å². The molecule has 1 unspecified atom stereocenters. The molecule has 21 heavy (non-hydrogen) atoms. The fourth-order valence-corrected chi connectivity index (χ4v) is 2.73. The summed E-state index contributed by atoms with van der Waals surface area (Å²) < 4.78 is 1.78. The molecule has 0 saturated carbocycles. The van der Waals surface area contributed by atoms with E-state index >= 15 is 0 Å². The maximum Gasteiger partial charge on any atom is 0.153 e. The number of nitrogens with zero attached hydrogens (tertiary/aromatic N) is 4. The predicted molar refractivity (Wildman–Crippen MR) is 83.3 cm³/mol. The second kappa shape index (κ2) is 5.58. The van der Waals surface area contributed by atoms with Gasteiger partial charge in [-0.2, -0.15) is 5.10 Å². The van der Waals surface area contributed by atoms with Crippen molar-refractivity contribution < 1.29 is 0 Å². The van der Waals surface area contributed by atoms with E-state index in [1.54, 1.807) is 10.9 Å². The highest BCUT2D eigenvalue weighted by Gasteiger charge is 2.32. The van der Waals surface area contributed by atoms with E-state index in [4.69, 9.17) is 0 Å². The van der Waals surface area contributed by atoms with E-state index in [0.29, 0.717) is 6.04 Å². The average molecular weight is 285 g/mol. The molecular formula is C16H23N5. The number of pyridine rings is 1. The van der Waals surface area contributed by atoms with Crippen molar-refractivity contribution >= 4 is 0 Å². The van der Waals surface area contributed by atoms with Crippen LogP contribution in [0.2, 0.25) is 0 Å². The van der Waals surface area contributed by atoms with Gasteiger partial charge in [-0.15, -0.1) is 0 Å². The fourth-order valence-electron chi connectivity index (χ4n) is 2.73. The third kappa shape index (κ3) is 3.14. The summed E-state index contributed by atoms with van der Waals surface area (Å²) in [7, 11) is 0. The monoisotopic (exact) mass is 285 g/mol. The van der Waals surface area contributed by atoms with Gasteiger partial charge in [0.25, 0.3) is 0 Å². The standard InChI is InChI=1S/C16H23N5/c1-13-10-20(16(2,3)12-18-13)11-14-5-6-15(17-9-14)21-8-4-7-19-21/h4-9,13,18H,10-12H2,1-3H3. The minimum absolute atomic E-state index is 0.174. The van der Waals surface area contributed by atoms with Crippen LogP contribution >= 0.6 is 0 Å². The second-order valence-electron chi connectivity index (χ2n) is 6.45. The zero-order valence-electron chi connectivity index (χ0n) is 13.0. The Labute approximate surface area is 126 Å². The van der Waals surface area contributed by atoms with E-state index in [9.17, 15) is 0 Å². The van der Waals surface area contributed by atoms with E-state index in [0.717, 1.165) is 25.5 Å². The molecular weight excluding hydrogens is 262 g/mol. The molecule has 1 aliphatic rings. The number of nitrogens with one attached hydrogen (secondary N) is 1. The summed E-state index contributed by atoms with van der Waals surface area (Å²) in [5.74, 6) is 0.858. The Morgan fingerprint density at radius 3 is 2.90 bits per heavy atom. The fraction of sp³-hybridized carbons (Fsp3) is 0.500. The summed E-state index contributed by atoms with van der Waals surface area (Å²) in [6, 6.07) is 6.61. The summed E-state index contributed by atoms with van der Waals surface area (Å²) in [6.45, 7) is 9.84. The normalized spacial score (nSPS) is 22.3. The van der Waals surface area contributed by atoms with Crippen molar-refractivity contribution in [2.75, 3.05) is 13.1 Å². The maximum atomic E-state index is 4.51. The lowest BCUT2D eigenvalue weighted by Crippen LogP contribution is -2.60. The Balaban J connectivity index is 1.72. The van der Waals surface area contributed by atoms with Gasteiger partial charge in [-0.3, -0.25) is 4.90 Å². The first-order chi connectivity index (χ1) is 10.0. The van der Waals surface area contributed by atoms with Gasteiger partial charge in [-0.05, 0) is 38.5 Å². The Hall–Kier alpha value is -1.72. The van der Waals surface area contributed by atoms with Gasteiger partial charge in [0, 0.05) is 49.8 Å². The van der Waals surface area contributed by atoms with Gasteiger partial charge in [0.1, 0.15) is 0 Å². The molecule has 0 spiro atoms. The Morgan fingerprint density at radius 1 is 1.38 bits per heavy atom. The van der Waals surface area contributed by atoms with Crippen LogP contribution in [0.1, 0.15) is 26.3 Å². The van der Waals surface area contributed by atoms with Crippen LogP contribution in [0, 0.1) is 0 Å². The van der Waals surface area contributed by atoms with Crippen molar-refractivity contribution in [2.24, 2.45) is 0 Å². The highest BCUT2D eigenvalue weighted by atomic mass is 15.3. The largest absolute Gasteiger partial charge is 0.311 e. The van der Waals surface area contributed by atoms with Crippen molar-refractivity contribution in [1.82, 2.24) is 25.0 Å². The lowest BCUT2D eigenvalue weighted by atomic mass is 9.97. The van der Waals surface area contributed by atoms with Crippen LogP contribution < -0.4 is 5.32 Å². The minimum atomic E-state index is 0.174. The molecule has 3 rings (SSSR count). The first kappa shape index (κ1) is 14.2. The van der Waals surface area contributed by atoms with Crippen LogP contribution in [-0.2, 0) is 6.54 Å². The second-order valence-corrected chi connectivity index (χ2v) is 6.45. The third-order valence-corrected chi connectivity index (χ3v) is 4.16.